The standard InChI is InChI=1S/C13H20O3S/c1-10-6-5-9-12(13(10)17(14,15)16)11-7-3-2-4-8-11/h5-6,11-12H,2-4,7-9H2,1H3,(H,14,15,16). The highest BCUT2D eigenvalue weighted by Gasteiger charge is 2.34. The van der Waals surface area contributed by atoms with Gasteiger partial charge in [-0.25, -0.2) is 0 Å². The van der Waals surface area contributed by atoms with E-state index in [-0.39, 0.29) is 10.8 Å². The lowest BCUT2D eigenvalue weighted by molar-refractivity contribution is 0.279. The first kappa shape index (κ1) is 12.8. The van der Waals surface area contributed by atoms with Crippen molar-refractivity contribution in [2.75, 3.05) is 0 Å². The van der Waals surface area contributed by atoms with Crippen LogP contribution in [0.15, 0.2) is 22.6 Å². The molecule has 0 aliphatic heterocycles. The molecule has 2 rings (SSSR count). The molecule has 0 spiro atoms. The van der Waals surface area contributed by atoms with E-state index in [1.807, 2.05) is 12.2 Å². The molecule has 0 aromatic heterocycles. The van der Waals surface area contributed by atoms with Gasteiger partial charge in [-0.05, 0) is 37.7 Å². The van der Waals surface area contributed by atoms with Crippen LogP contribution in [0.5, 0.6) is 0 Å². The summed E-state index contributed by atoms with van der Waals surface area (Å²) in [7, 11) is -4.05. The van der Waals surface area contributed by atoms with Crippen LogP contribution in [0.1, 0.15) is 45.4 Å². The van der Waals surface area contributed by atoms with E-state index in [4.69, 9.17) is 0 Å². The first-order valence-electron chi connectivity index (χ1n) is 6.35. The molecule has 1 fully saturated rings. The van der Waals surface area contributed by atoms with Crippen LogP contribution in [0.2, 0.25) is 0 Å². The zero-order valence-corrected chi connectivity index (χ0v) is 11.0. The van der Waals surface area contributed by atoms with Crippen molar-refractivity contribution >= 4 is 10.1 Å². The molecule has 4 heteroatoms. The molecule has 2 aliphatic carbocycles. The third-order valence-corrected chi connectivity index (χ3v) is 5.16. The topological polar surface area (TPSA) is 54.4 Å². The summed E-state index contributed by atoms with van der Waals surface area (Å²) in [4.78, 5) is 0.270. The molecule has 17 heavy (non-hydrogen) atoms. The zero-order valence-electron chi connectivity index (χ0n) is 10.2. The Morgan fingerprint density at radius 1 is 1.24 bits per heavy atom. The maximum absolute atomic E-state index is 11.5. The van der Waals surface area contributed by atoms with Crippen LogP contribution in [0, 0.1) is 11.8 Å². The van der Waals surface area contributed by atoms with Gasteiger partial charge in [-0.2, -0.15) is 8.42 Å². The van der Waals surface area contributed by atoms with Gasteiger partial charge in [-0.15, -0.1) is 0 Å². The lowest BCUT2D eigenvalue weighted by atomic mass is 9.76. The Bertz CT molecular complexity index is 439. The van der Waals surface area contributed by atoms with Crippen molar-refractivity contribution in [1.29, 1.82) is 0 Å². The van der Waals surface area contributed by atoms with Crippen LogP contribution in [0.25, 0.3) is 0 Å². The molecule has 0 amide bonds. The summed E-state index contributed by atoms with van der Waals surface area (Å²) in [6.45, 7) is 1.77. The summed E-state index contributed by atoms with van der Waals surface area (Å²) in [5.74, 6) is 0.413. The van der Waals surface area contributed by atoms with Crippen LogP contribution in [-0.2, 0) is 10.1 Å². The molecule has 0 aromatic rings. The van der Waals surface area contributed by atoms with Gasteiger partial charge in [-0.3, -0.25) is 4.55 Å². The first-order valence-corrected chi connectivity index (χ1v) is 7.79. The molecule has 2 aliphatic rings. The zero-order chi connectivity index (χ0) is 12.5. The van der Waals surface area contributed by atoms with E-state index < -0.39 is 10.1 Å². The second-order valence-electron chi connectivity index (χ2n) is 5.16. The van der Waals surface area contributed by atoms with Crippen LogP contribution in [0.4, 0.5) is 0 Å². The fraction of sp³-hybridized carbons (Fsp3) is 0.692. The summed E-state index contributed by atoms with van der Waals surface area (Å²) in [6, 6.07) is 0. The molecule has 1 saturated carbocycles. The van der Waals surface area contributed by atoms with Gasteiger partial charge < -0.3 is 0 Å². The fourth-order valence-electron chi connectivity index (χ4n) is 3.21. The average molecular weight is 256 g/mol. The molecular weight excluding hydrogens is 236 g/mol. The van der Waals surface area contributed by atoms with Gasteiger partial charge in [0.05, 0.1) is 4.91 Å². The van der Waals surface area contributed by atoms with E-state index >= 15 is 0 Å². The van der Waals surface area contributed by atoms with E-state index in [9.17, 15) is 13.0 Å². The molecule has 1 N–H and O–H groups in total. The molecule has 3 nitrogen and oxygen atoms in total. The van der Waals surface area contributed by atoms with Crippen LogP contribution >= 0.6 is 0 Å². The van der Waals surface area contributed by atoms with Gasteiger partial charge in [0, 0.05) is 5.92 Å². The second-order valence-corrected chi connectivity index (χ2v) is 6.55. The average Bonchev–Trinajstić information content (AvgIpc) is 2.28. The molecule has 0 radical (unpaired) electrons. The fourth-order valence-corrected chi connectivity index (χ4v) is 4.36. The third-order valence-electron chi connectivity index (χ3n) is 3.98. The molecule has 0 heterocycles. The van der Waals surface area contributed by atoms with Crippen molar-refractivity contribution in [3.05, 3.63) is 22.6 Å². The predicted octanol–water partition coefficient (Wildman–Crippen LogP) is 3.30. The largest absolute Gasteiger partial charge is 0.291 e. The molecule has 1 unspecified atom stereocenters. The van der Waals surface area contributed by atoms with Gasteiger partial charge in [0.15, 0.2) is 0 Å². The summed E-state index contributed by atoms with van der Waals surface area (Å²) < 4.78 is 32.4. The molecule has 0 saturated heterocycles. The highest BCUT2D eigenvalue weighted by Crippen LogP contribution is 2.40. The Morgan fingerprint density at radius 2 is 1.88 bits per heavy atom. The number of allylic oxidation sites excluding steroid dienone is 4. The van der Waals surface area contributed by atoms with Crippen molar-refractivity contribution in [1.82, 2.24) is 0 Å². The van der Waals surface area contributed by atoms with E-state index in [0.29, 0.717) is 11.5 Å². The Hall–Kier alpha value is -0.610. The summed E-state index contributed by atoms with van der Waals surface area (Å²) in [5.41, 5.74) is 0.703. The van der Waals surface area contributed by atoms with Crippen molar-refractivity contribution < 1.29 is 13.0 Å². The maximum atomic E-state index is 11.5. The molecular formula is C13H20O3S. The van der Waals surface area contributed by atoms with E-state index in [1.54, 1.807) is 6.92 Å². The Morgan fingerprint density at radius 3 is 2.47 bits per heavy atom. The molecule has 1 atom stereocenters. The van der Waals surface area contributed by atoms with Crippen LogP contribution < -0.4 is 0 Å². The minimum atomic E-state index is -4.05. The van der Waals surface area contributed by atoms with E-state index in [0.717, 1.165) is 19.3 Å². The lowest BCUT2D eigenvalue weighted by Crippen LogP contribution is -2.25. The van der Waals surface area contributed by atoms with E-state index in [1.165, 1.54) is 19.3 Å². The quantitative estimate of drug-likeness (QED) is 0.771. The van der Waals surface area contributed by atoms with Crippen molar-refractivity contribution in [3.63, 3.8) is 0 Å². The predicted molar refractivity (Wildman–Crippen MR) is 68.1 cm³/mol. The Labute approximate surface area is 103 Å². The number of rotatable bonds is 2. The molecule has 0 bridgehead atoms. The van der Waals surface area contributed by atoms with Crippen LogP contribution in [0.3, 0.4) is 0 Å². The van der Waals surface area contributed by atoms with Crippen molar-refractivity contribution in [2.24, 2.45) is 11.8 Å². The number of hydrogen-bond donors (Lipinski definition) is 1. The van der Waals surface area contributed by atoms with Crippen molar-refractivity contribution in [2.45, 2.75) is 45.4 Å². The van der Waals surface area contributed by atoms with Gasteiger partial charge in [0.2, 0.25) is 0 Å². The normalized spacial score (nSPS) is 27.5. The highest BCUT2D eigenvalue weighted by molar-refractivity contribution is 7.89. The first-order chi connectivity index (χ1) is 8.00. The van der Waals surface area contributed by atoms with Gasteiger partial charge in [-0.1, -0.05) is 31.4 Å². The number of hydrogen-bond acceptors (Lipinski definition) is 2. The molecule has 0 aromatic carbocycles. The Kier molecular flexibility index (Phi) is 3.73. The SMILES string of the molecule is CC1=C(S(=O)(=O)O)C(C2CCCCC2)CC=C1. The molecule has 96 valence electrons. The maximum Gasteiger partial charge on any atom is 0.291 e. The van der Waals surface area contributed by atoms with Gasteiger partial charge >= 0.3 is 0 Å². The van der Waals surface area contributed by atoms with Crippen LogP contribution in [-0.4, -0.2) is 13.0 Å². The summed E-state index contributed by atoms with van der Waals surface area (Å²) >= 11 is 0. The van der Waals surface area contributed by atoms with Gasteiger partial charge in [0.25, 0.3) is 10.1 Å². The highest BCUT2D eigenvalue weighted by atomic mass is 32.2. The second kappa shape index (κ2) is 4.94. The van der Waals surface area contributed by atoms with Crippen molar-refractivity contribution in [3.8, 4) is 0 Å². The minimum Gasteiger partial charge on any atom is -0.282 e. The lowest BCUT2D eigenvalue weighted by Gasteiger charge is -2.32. The minimum absolute atomic E-state index is 0.00435. The summed E-state index contributed by atoms with van der Waals surface area (Å²) in [5, 5.41) is 0. The third kappa shape index (κ3) is 2.80. The summed E-state index contributed by atoms with van der Waals surface area (Å²) in [6.07, 6.45) is 10.4. The Balaban J connectivity index is 2.31. The van der Waals surface area contributed by atoms with E-state index in [2.05, 4.69) is 0 Å². The smallest absolute Gasteiger partial charge is 0.282 e. The monoisotopic (exact) mass is 256 g/mol. The van der Waals surface area contributed by atoms with Gasteiger partial charge in [0.1, 0.15) is 0 Å².